The summed E-state index contributed by atoms with van der Waals surface area (Å²) in [7, 11) is 0. The second-order valence-corrected chi connectivity index (χ2v) is 5.01. The molecule has 2 heterocycles. The van der Waals surface area contributed by atoms with Gasteiger partial charge < -0.3 is 9.73 Å². The van der Waals surface area contributed by atoms with Crippen LogP contribution in [0, 0.1) is 13.8 Å². The molecule has 0 aromatic carbocycles. The summed E-state index contributed by atoms with van der Waals surface area (Å²) >= 11 is 0. The molecular formula is C13H21Cl2F3N2O. The van der Waals surface area contributed by atoms with Gasteiger partial charge in [-0.1, -0.05) is 0 Å². The van der Waals surface area contributed by atoms with E-state index in [1.165, 1.54) is 0 Å². The fraction of sp³-hybridized carbons (Fsp3) is 0.692. The van der Waals surface area contributed by atoms with Gasteiger partial charge in [0.15, 0.2) is 0 Å². The number of nitrogens with zero attached hydrogens (tertiary/aromatic N) is 1. The van der Waals surface area contributed by atoms with E-state index in [-0.39, 0.29) is 24.8 Å². The Morgan fingerprint density at radius 2 is 1.81 bits per heavy atom. The van der Waals surface area contributed by atoms with E-state index < -0.39 is 18.6 Å². The van der Waals surface area contributed by atoms with Crippen LogP contribution in [0.25, 0.3) is 0 Å². The van der Waals surface area contributed by atoms with E-state index in [2.05, 4.69) is 5.32 Å². The topological polar surface area (TPSA) is 28.4 Å². The average Bonchev–Trinajstić information content (AvgIpc) is 2.66. The second-order valence-electron chi connectivity index (χ2n) is 5.01. The maximum atomic E-state index is 12.8. The summed E-state index contributed by atoms with van der Waals surface area (Å²) in [5, 5.41) is 3.15. The van der Waals surface area contributed by atoms with E-state index in [0.29, 0.717) is 37.7 Å². The maximum Gasteiger partial charge on any atom is 0.391 e. The zero-order valence-corrected chi connectivity index (χ0v) is 13.6. The van der Waals surface area contributed by atoms with Crippen molar-refractivity contribution in [2.75, 3.05) is 26.2 Å². The standard InChI is InChI=1S/C13H19F3N2O.2ClH/c1-9-7-12(19-10(9)2)11(8-13(14,15)16)18-5-3-17-4-6-18;;/h7,11,17H,3-6,8H2,1-2H3;2*1H/t11-;;/m1../s1. The highest BCUT2D eigenvalue weighted by Gasteiger charge is 2.37. The highest BCUT2D eigenvalue weighted by molar-refractivity contribution is 5.85. The molecular weight excluding hydrogens is 328 g/mol. The predicted molar refractivity (Wildman–Crippen MR) is 80.5 cm³/mol. The van der Waals surface area contributed by atoms with Crippen molar-refractivity contribution in [3.05, 3.63) is 23.2 Å². The minimum Gasteiger partial charge on any atom is -0.464 e. The van der Waals surface area contributed by atoms with Gasteiger partial charge in [-0.05, 0) is 25.5 Å². The fourth-order valence-electron chi connectivity index (χ4n) is 2.39. The summed E-state index contributed by atoms with van der Waals surface area (Å²) in [6.45, 7) is 6.28. The molecule has 1 saturated heterocycles. The minimum absolute atomic E-state index is 0. The van der Waals surface area contributed by atoms with Crippen molar-refractivity contribution < 1.29 is 17.6 Å². The maximum absolute atomic E-state index is 12.8. The Bertz CT molecular complexity index is 412. The molecule has 0 spiro atoms. The van der Waals surface area contributed by atoms with E-state index in [4.69, 9.17) is 4.42 Å². The average molecular weight is 349 g/mol. The number of aryl methyl sites for hydroxylation is 2. The third kappa shape index (κ3) is 5.70. The smallest absolute Gasteiger partial charge is 0.391 e. The van der Waals surface area contributed by atoms with Crippen molar-refractivity contribution >= 4 is 24.8 Å². The van der Waals surface area contributed by atoms with E-state index in [1.54, 1.807) is 13.0 Å². The van der Waals surface area contributed by atoms with E-state index in [0.717, 1.165) is 5.56 Å². The fourth-order valence-corrected chi connectivity index (χ4v) is 2.39. The van der Waals surface area contributed by atoms with Crippen molar-refractivity contribution in [1.29, 1.82) is 0 Å². The van der Waals surface area contributed by atoms with Crippen LogP contribution in [0.3, 0.4) is 0 Å². The molecule has 0 amide bonds. The Balaban J connectivity index is 0.00000200. The molecule has 2 rings (SSSR count). The summed E-state index contributed by atoms with van der Waals surface area (Å²) in [6.07, 6.45) is -5.05. The van der Waals surface area contributed by atoms with Gasteiger partial charge in [0, 0.05) is 26.2 Å². The summed E-state index contributed by atoms with van der Waals surface area (Å²) < 4.78 is 43.8. The Morgan fingerprint density at radius 1 is 1.24 bits per heavy atom. The number of rotatable bonds is 3. The largest absolute Gasteiger partial charge is 0.464 e. The minimum atomic E-state index is -4.19. The van der Waals surface area contributed by atoms with Crippen LogP contribution < -0.4 is 5.32 Å². The van der Waals surface area contributed by atoms with Crippen LogP contribution in [0.15, 0.2) is 10.5 Å². The van der Waals surface area contributed by atoms with Crippen molar-refractivity contribution in [3.8, 4) is 0 Å². The molecule has 1 fully saturated rings. The molecule has 1 atom stereocenters. The lowest BCUT2D eigenvalue weighted by atomic mass is 10.1. The molecule has 1 aromatic heterocycles. The molecule has 21 heavy (non-hydrogen) atoms. The van der Waals surface area contributed by atoms with Gasteiger partial charge in [-0.3, -0.25) is 4.90 Å². The first-order valence-electron chi connectivity index (χ1n) is 6.45. The van der Waals surface area contributed by atoms with Crippen LogP contribution in [-0.2, 0) is 0 Å². The van der Waals surface area contributed by atoms with Gasteiger partial charge in [-0.15, -0.1) is 24.8 Å². The molecule has 1 aliphatic rings. The van der Waals surface area contributed by atoms with Crippen LogP contribution >= 0.6 is 24.8 Å². The van der Waals surface area contributed by atoms with Gasteiger partial charge in [0.2, 0.25) is 0 Å². The zero-order valence-electron chi connectivity index (χ0n) is 12.0. The first-order valence-corrected chi connectivity index (χ1v) is 6.45. The van der Waals surface area contributed by atoms with Gasteiger partial charge in [0.25, 0.3) is 0 Å². The molecule has 1 aromatic rings. The van der Waals surface area contributed by atoms with Crippen LogP contribution in [-0.4, -0.2) is 37.3 Å². The number of alkyl halides is 3. The lowest BCUT2D eigenvalue weighted by Gasteiger charge is -2.34. The van der Waals surface area contributed by atoms with Crippen LogP contribution in [0.2, 0.25) is 0 Å². The van der Waals surface area contributed by atoms with E-state index in [9.17, 15) is 13.2 Å². The third-order valence-corrected chi connectivity index (χ3v) is 3.53. The number of hydrogen-bond donors (Lipinski definition) is 1. The van der Waals surface area contributed by atoms with Crippen molar-refractivity contribution in [1.82, 2.24) is 10.2 Å². The van der Waals surface area contributed by atoms with Crippen molar-refractivity contribution in [3.63, 3.8) is 0 Å². The Kier molecular flexibility index (Phi) is 8.10. The molecule has 8 heteroatoms. The number of furan rings is 1. The SMILES string of the molecule is Cc1cc([C@@H](CC(F)(F)F)N2CCNCC2)oc1C.Cl.Cl. The zero-order chi connectivity index (χ0) is 14.0. The number of hydrogen-bond acceptors (Lipinski definition) is 3. The summed E-state index contributed by atoms with van der Waals surface area (Å²) in [6, 6.07) is 1.02. The second kappa shape index (κ2) is 8.27. The van der Waals surface area contributed by atoms with Crippen LogP contribution in [0.1, 0.15) is 29.5 Å². The lowest BCUT2D eigenvalue weighted by Crippen LogP contribution is -2.46. The Hall–Kier alpha value is -0.430. The normalized spacial score (nSPS) is 17.8. The molecule has 124 valence electrons. The molecule has 1 N–H and O–H groups in total. The molecule has 1 aliphatic heterocycles. The van der Waals surface area contributed by atoms with Gasteiger partial charge in [0.1, 0.15) is 11.5 Å². The van der Waals surface area contributed by atoms with Gasteiger partial charge in [-0.2, -0.15) is 13.2 Å². The number of halogens is 5. The summed E-state index contributed by atoms with van der Waals surface area (Å²) in [4.78, 5) is 1.85. The third-order valence-electron chi connectivity index (χ3n) is 3.53. The summed E-state index contributed by atoms with van der Waals surface area (Å²) in [5.74, 6) is 1.12. The quantitative estimate of drug-likeness (QED) is 0.903. The van der Waals surface area contributed by atoms with Gasteiger partial charge in [-0.25, -0.2) is 0 Å². The monoisotopic (exact) mass is 348 g/mol. The lowest BCUT2D eigenvalue weighted by molar-refractivity contribution is -0.150. The van der Waals surface area contributed by atoms with Crippen LogP contribution in [0.4, 0.5) is 13.2 Å². The first kappa shape index (κ1) is 20.6. The highest BCUT2D eigenvalue weighted by atomic mass is 35.5. The first-order chi connectivity index (χ1) is 8.87. The number of nitrogens with one attached hydrogen (secondary N) is 1. The Labute approximate surface area is 135 Å². The van der Waals surface area contributed by atoms with Crippen LogP contribution in [0.5, 0.6) is 0 Å². The predicted octanol–water partition coefficient (Wildman–Crippen LogP) is 3.64. The molecule has 0 radical (unpaired) electrons. The highest BCUT2D eigenvalue weighted by Crippen LogP contribution is 2.35. The number of piperazine rings is 1. The van der Waals surface area contributed by atoms with E-state index in [1.807, 2.05) is 11.8 Å². The molecule has 0 aliphatic carbocycles. The molecule has 3 nitrogen and oxygen atoms in total. The Morgan fingerprint density at radius 3 is 2.24 bits per heavy atom. The van der Waals surface area contributed by atoms with E-state index >= 15 is 0 Å². The van der Waals surface area contributed by atoms with Crippen molar-refractivity contribution in [2.24, 2.45) is 0 Å². The molecule has 0 unspecified atom stereocenters. The van der Waals surface area contributed by atoms with Crippen molar-refractivity contribution in [2.45, 2.75) is 32.5 Å². The van der Waals surface area contributed by atoms with Gasteiger partial charge >= 0.3 is 6.18 Å². The summed E-state index contributed by atoms with van der Waals surface area (Å²) in [5.41, 5.74) is 0.900. The van der Waals surface area contributed by atoms with Gasteiger partial charge in [0.05, 0.1) is 12.5 Å². The molecule has 0 bridgehead atoms. The molecule has 0 saturated carbocycles.